The molecule has 4 aliphatic rings. The topological polar surface area (TPSA) is 18.5 Å². The first kappa shape index (κ1) is 10.1. The largest absolute Gasteiger partial charge is 0.317 e. The van der Waals surface area contributed by atoms with E-state index in [0.29, 0.717) is 0 Å². The molecule has 0 aromatic rings. The minimum Gasteiger partial charge on any atom is -0.317 e. The lowest BCUT2D eigenvalue weighted by atomic mass is 9.85. The van der Waals surface area contributed by atoms with E-state index in [0.717, 1.165) is 18.0 Å². The van der Waals surface area contributed by atoms with Crippen molar-refractivity contribution in [1.29, 1.82) is 0 Å². The number of nitrogens with one attached hydrogen (secondary N) is 1. The van der Waals surface area contributed by atoms with E-state index in [1.807, 2.05) is 0 Å². The number of rotatable bonds is 2. The highest BCUT2D eigenvalue weighted by atomic mass is 15.3. The van der Waals surface area contributed by atoms with Crippen LogP contribution in [-0.4, -0.2) is 61.7 Å². The number of hydrogen-bond donors (Lipinski definition) is 1. The molecule has 0 saturated carbocycles. The average molecular weight is 209 g/mol. The molecule has 15 heavy (non-hydrogen) atoms. The first-order valence-electron chi connectivity index (χ1n) is 6.48. The Hall–Kier alpha value is -0.120. The van der Waals surface area contributed by atoms with Crippen LogP contribution < -0.4 is 5.32 Å². The van der Waals surface area contributed by atoms with E-state index in [1.165, 1.54) is 52.0 Å². The Morgan fingerprint density at radius 1 is 1.13 bits per heavy atom. The fourth-order valence-corrected chi connectivity index (χ4v) is 3.56. The Kier molecular flexibility index (Phi) is 2.71. The van der Waals surface area contributed by atoms with Crippen molar-refractivity contribution in [2.45, 2.75) is 31.3 Å². The fourth-order valence-electron chi connectivity index (χ4n) is 3.56. The monoisotopic (exact) mass is 209 g/mol. The van der Waals surface area contributed by atoms with Crippen LogP contribution in [-0.2, 0) is 0 Å². The van der Waals surface area contributed by atoms with Crippen molar-refractivity contribution in [2.24, 2.45) is 5.92 Å². The normalized spacial score (nSPS) is 39.0. The van der Waals surface area contributed by atoms with Gasteiger partial charge in [-0.1, -0.05) is 0 Å². The first-order chi connectivity index (χ1) is 7.33. The lowest BCUT2D eigenvalue weighted by Crippen LogP contribution is -2.68. The molecular weight excluding hydrogens is 186 g/mol. The van der Waals surface area contributed by atoms with E-state index in [1.54, 1.807) is 0 Å². The lowest BCUT2D eigenvalue weighted by Gasteiger charge is -2.57. The lowest BCUT2D eigenvalue weighted by molar-refractivity contribution is -0.0710. The molecule has 86 valence electrons. The molecule has 0 aromatic heterocycles. The van der Waals surface area contributed by atoms with E-state index in [9.17, 15) is 0 Å². The summed E-state index contributed by atoms with van der Waals surface area (Å²) in [4.78, 5) is 5.29. The summed E-state index contributed by atoms with van der Waals surface area (Å²) >= 11 is 0. The molecule has 4 heterocycles. The average Bonchev–Trinajstić information content (AvgIpc) is 2.27. The molecule has 1 N–H and O–H groups in total. The summed E-state index contributed by atoms with van der Waals surface area (Å²) in [6, 6.07) is 1.78. The van der Waals surface area contributed by atoms with E-state index in [2.05, 4.69) is 22.2 Å². The number of nitrogens with zero attached hydrogens (tertiary/aromatic N) is 2. The zero-order chi connectivity index (χ0) is 10.3. The van der Waals surface area contributed by atoms with Gasteiger partial charge in [0.15, 0.2) is 0 Å². The minimum absolute atomic E-state index is 0.892. The molecular formula is C12H23N3. The zero-order valence-corrected chi connectivity index (χ0v) is 9.78. The number of piperazine rings is 1. The molecule has 2 atom stereocenters. The highest BCUT2D eigenvalue weighted by Gasteiger charge is 2.43. The Morgan fingerprint density at radius 3 is 2.47 bits per heavy atom. The molecule has 3 nitrogen and oxygen atoms in total. The van der Waals surface area contributed by atoms with Crippen LogP contribution in [0, 0.1) is 5.92 Å². The Balaban J connectivity index is 1.52. The van der Waals surface area contributed by atoms with Gasteiger partial charge in [0.05, 0.1) is 0 Å². The summed E-state index contributed by atoms with van der Waals surface area (Å²) < 4.78 is 0. The van der Waals surface area contributed by atoms with Crippen LogP contribution in [0.1, 0.15) is 19.3 Å². The highest BCUT2D eigenvalue weighted by Crippen LogP contribution is 2.33. The van der Waals surface area contributed by atoms with Gasteiger partial charge in [-0.05, 0) is 45.3 Å². The van der Waals surface area contributed by atoms with E-state index in [-0.39, 0.29) is 0 Å². The quantitative estimate of drug-likeness (QED) is 0.709. The molecule has 4 aliphatic heterocycles. The second kappa shape index (κ2) is 4.04. The summed E-state index contributed by atoms with van der Waals surface area (Å²) in [7, 11) is 2.26. The minimum atomic E-state index is 0.892. The van der Waals surface area contributed by atoms with Crippen LogP contribution in [0.3, 0.4) is 0 Å². The van der Waals surface area contributed by atoms with Crippen molar-refractivity contribution < 1.29 is 0 Å². The third-order valence-corrected chi connectivity index (χ3v) is 4.45. The molecule has 2 unspecified atom stereocenters. The standard InChI is InChI=1S/C12H23N3/c1-14-8-11-6-12(9-14)15(11)7-10-2-4-13-5-3-10/h10-13H,2-9H2,1H3. The van der Waals surface area contributed by atoms with Crippen molar-refractivity contribution in [3.8, 4) is 0 Å². The third-order valence-electron chi connectivity index (χ3n) is 4.45. The van der Waals surface area contributed by atoms with E-state index in [4.69, 9.17) is 0 Å². The number of piperidine rings is 2. The van der Waals surface area contributed by atoms with Crippen LogP contribution in [0.2, 0.25) is 0 Å². The Bertz CT molecular complexity index is 213. The molecule has 0 radical (unpaired) electrons. The number of likely N-dealkylation sites (N-methyl/N-ethyl adjacent to an activating group) is 1. The predicted octanol–water partition coefficient (Wildman–Crippen LogP) is 0.374. The molecule has 2 bridgehead atoms. The summed E-state index contributed by atoms with van der Waals surface area (Å²) in [5.41, 5.74) is 0. The zero-order valence-electron chi connectivity index (χ0n) is 9.78. The van der Waals surface area contributed by atoms with Crippen LogP contribution in [0.15, 0.2) is 0 Å². The maximum atomic E-state index is 3.45. The van der Waals surface area contributed by atoms with Crippen LogP contribution in [0.4, 0.5) is 0 Å². The summed E-state index contributed by atoms with van der Waals surface area (Å²) in [6.45, 7) is 6.48. The molecule has 3 heteroatoms. The highest BCUT2D eigenvalue weighted by molar-refractivity contribution is 5.00. The van der Waals surface area contributed by atoms with Crippen LogP contribution in [0.5, 0.6) is 0 Å². The van der Waals surface area contributed by atoms with Crippen LogP contribution in [0.25, 0.3) is 0 Å². The third kappa shape index (κ3) is 1.93. The van der Waals surface area contributed by atoms with Gasteiger partial charge in [-0.25, -0.2) is 0 Å². The van der Waals surface area contributed by atoms with Gasteiger partial charge in [-0.3, -0.25) is 4.90 Å². The van der Waals surface area contributed by atoms with Crippen molar-refractivity contribution in [1.82, 2.24) is 15.1 Å². The van der Waals surface area contributed by atoms with E-state index >= 15 is 0 Å². The van der Waals surface area contributed by atoms with Gasteiger partial charge in [0.25, 0.3) is 0 Å². The van der Waals surface area contributed by atoms with Crippen molar-refractivity contribution in [3.05, 3.63) is 0 Å². The second-order valence-electron chi connectivity index (χ2n) is 5.65. The predicted molar refractivity (Wildman–Crippen MR) is 62.0 cm³/mol. The summed E-state index contributed by atoms with van der Waals surface area (Å²) in [5, 5.41) is 3.45. The van der Waals surface area contributed by atoms with Gasteiger partial charge < -0.3 is 10.2 Å². The molecule has 0 aliphatic carbocycles. The smallest absolute Gasteiger partial charge is 0.0242 e. The first-order valence-corrected chi connectivity index (χ1v) is 6.48. The molecule has 4 fully saturated rings. The van der Waals surface area contributed by atoms with Crippen molar-refractivity contribution in [2.75, 3.05) is 39.8 Å². The van der Waals surface area contributed by atoms with Crippen molar-refractivity contribution in [3.63, 3.8) is 0 Å². The molecule has 4 rings (SSSR count). The maximum absolute atomic E-state index is 3.45. The SMILES string of the molecule is CN1CC2CC(C1)N2CC1CCNCC1. The summed E-state index contributed by atoms with van der Waals surface area (Å²) in [6.07, 6.45) is 4.26. The van der Waals surface area contributed by atoms with Gasteiger partial charge >= 0.3 is 0 Å². The van der Waals surface area contributed by atoms with Gasteiger partial charge in [-0.15, -0.1) is 0 Å². The second-order valence-corrected chi connectivity index (χ2v) is 5.65. The number of fused-ring (bicyclic) bond motifs is 2. The van der Waals surface area contributed by atoms with Gasteiger partial charge in [0.2, 0.25) is 0 Å². The summed E-state index contributed by atoms with van der Waals surface area (Å²) in [5.74, 6) is 0.972. The van der Waals surface area contributed by atoms with E-state index < -0.39 is 0 Å². The van der Waals surface area contributed by atoms with Crippen molar-refractivity contribution >= 4 is 0 Å². The fraction of sp³-hybridized carbons (Fsp3) is 1.00. The van der Waals surface area contributed by atoms with Gasteiger partial charge in [-0.2, -0.15) is 0 Å². The molecule has 4 saturated heterocycles. The Morgan fingerprint density at radius 2 is 1.80 bits per heavy atom. The molecule has 0 amide bonds. The van der Waals surface area contributed by atoms with Crippen LogP contribution >= 0.6 is 0 Å². The number of hydrogen-bond acceptors (Lipinski definition) is 3. The molecule has 0 aromatic carbocycles. The van der Waals surface area contributed by atoms with Gasteiger partial charge in [0.1, 0.15) is 0 Å². The van der Waals surface area contributed by atoms with Gasteiger partial charge in [0, 0.05) is 31.7 Å². The Labute approximate surface area is 92.8 Å². The maximum Gasteiger partial charge on any atom is 0.0242 e. The molecule has 0 spiro atoms.